The van der Waals surface area contributed by atoms with Gasteiger partial charge in [0, 0.05) is 36.5 Å². The lowest BCUT2D eigenvalue weighted by atomic mass is 9.93. The maximum atomic E-state index is 11.8. The van der Waals surface area contributed by atoms with E-state index in [-0.39, 0.29) is 12.3 Å². The molecule has 1 aromatic heterocycles. The molecule has 0 bridgehead atoms. The summed E-state index contributed by atoms with van der Waals surface area (Å²) in [5.41, 5.74) is 10.1. The number of Topliss-reactive ketones (excluding diaryl/α,β-unsaturated/α-hetero) is 1. The monoisotopic (exact) mass is 254 g/mol. The smallest absolute Gasteiger partial charge is 0.184 e. The van der Waals surface area contributed by atoms with Crippen LogP contribution in [0.15, 0.2) is 35.6 Å². The van der Waals surface area contributed by atoms with E-state index in [1.807, 2.05) is 31.4 Å². The summed E-state index contributed by atoms with van der Waals surface area (Å²) < 4.78 is 1.75. The number of hydrogen-bond donors (Lipinski definition) is 1. The van der Waals surface area contributed by atoms with Crippen LogP contribution < -0.4 is 5.73 Å². The van der Waals surface area contributed by atoms with Gasteiger partial charge < -0.3 is 5.73 Å². The Kier molecular flexibility index (Phi) is 2.76. The third-order valence-electron chi connectivity index (χ3n) is 3.28. The van der Waals surface area contributed by atoms with Gasteiger partial charge in [-0.05, 0) is 11.6 Å². The molecule has 0 saturated heterocycles. The molecule has 2 heterocycles. The third-order valence-corrected chi connectivity index (χ3v) is 3.28. The Labute approximate surface area is 110 Å². The van der Waals surface area contributed by atoms with Crippen LogP contribution in [0.2, 0.25) is 0 Å². The van der Waals surface area contributed by atoms with Crippen LogP contribution in [-0.4, -0.2) is 34.4 Å². The Balaban J connectivity index is 2.13. The first-order valence-electron chi connectivity index (χ1n) is 6.09. The zero-order valence-electron chi connectivity index (χ0n) is 10.6. The number of hydrogen-bond acceptors (Lipinski definition) is 4. The summed E-state index contributed by atoms with van der Waals surface area (Å²) in [5, 5.41) is 4.15. The number of fused-ring (bicyclic) bond motifs is 1. The average molecular weight is 254 g/mol. The number of nitrogens with zero attached hydrogens (tertiary/aromatic N) is 3. The summed E-state index contributed by atoms with van der Waals surface area (Å²) in [4.78, 5) is 16.1. The normalized spacial score (nSPS) is 14.2. The number of nitrogens with two attached hydrogens (primary N) is 1. The average Bonchev–Trinajstić information content (AvgIpc) is 2.86. The number of carbonyl (C=O) groups excluding carboxylic acids is 1. The standard InChI is InChI=1S/C14H14N4O/c1-18-8-10(6-17-18)9-2-3-11-12(4-9)13(5-15)16-7-14(11)19/h2-4,6,8H,5,7,15H2,1H3. The van der Waals surface area contributed by atoms with Crippen molar-refractivity contribution in [1.29, 1.82) is 0 Å². The molecule has 19 heavy (non-hydrogen) atoms. The van der Waals surface area contributed by atoms with Crippen molar-refractivity contribution in [2.45, 2.75) is 0 Å². The number of benzene rings is 1. The van der Waals surface area contributed by atoms with Gasteiger partial charge in [-0.1, -0.05) is 12.1 Å². The van der Waals surface area contributed by atoms with Gasteiger partial charge in [-0.2, -0.15) is 5.10 Å². The van der Waals surface area contributed by atoms with Gasteiger partial charge in [0.05, 0.1) is 11.9 Å². The van der Waals surface area contributed by atoms with Crippen LogP contribution in [0.3, 0.4) is 0 Å². The van der Waals surface area contributed by atoms with Crippen LogP contribution in [0, 0.1) is 0 Å². The molecule has 0 radical (unpaired) electrons. The Morgan fingerprint density at radius 3 is 2.84 bits per heavy atom. The van der Waals surface area contributed by atoms with Gasteiger partial charge in [-0.15, -0.1) is 0 Å². The lowest BCUT2D eigenvalue weighted by Crippen LogP contribution is -2.24. The van der Waals surface area contributed by atoms with E-state index in [0.717, 1.165) is 22.4 Å². The second-order valence-electron chi connectivity index (χ2n) is 4.55. The zero-order valence-corrected chi connectivity index (χ0v) is 10.6. The van der Waals surface area contributed by atoms with Crippen LogP contribution in [0.5, 0.6) is 0 Å². The summed E-state index contributed by atoms with van der Waals surface area (Å²) in [7, 11) is 1.87. The van der Waals surface area contributed by atoms with Crippen LogP contribution in [0.25, 0.3) is 11.1 Å². The Hall–Kier alpha value is -2.27. The Bertz CT molecular complexity index is 685. The predicted octanol–water partition coefficient (Wildman–Crippen LogP) is 1.03. The lowest BCUT2D eigenvalue weighted by Gasteiger charge is -2.15. The van der Waals surface area contributed by atoms with Crippen LogP contribution >= 0.6 is 0 Å². The topological polar surface area (TPSA) is 73.3 Å². The molecule has 1 aliphatic rings. The van der Waals surface area contributed by atoms with E-state index >= 15 is 0 Å². The molecular formula is C14H14N4O. The summed E-state index contributed by atoms with van der Waals surface area (Å²) in [6.45, 7) is 0.544. The first-order chi connectivity index (χ1) is 9.19. The van der Waals surface area contributed by atoms with E-state index in [9.17, 15) is 4.79 Å². The van der Waals surface area contributed by atoms with Gasteiger partial charge in [0.25, 0.3) is 0 Å². The molecule has 5 nitrogen and oxygen atoms in total. The van der Waals surface area contributed by atoms with Crippen LogP contribution in [0.4, 0.5) is 0 Å². The Morgan fingerprint density at radius 1 is 1.32 bits per heavy atom. The highest BCUT2D eigenvalue weighted by molar-refractivity contribution is 6.16. The van der Waals surface area contributed by atoms with E-state index in [1.54, 1.807) is 10.9 Å². The Morgan fingerprint density at radius 2 is 2.16 bits per heavy atom. The minimum Gasteiger partial charge on any atom is -0.325 e. The number of aromatic nitrogens is 2. The van der Waals surface area contributed by atoms with Crippen molar-refractivity contribution in [1.82, 2.24) is 9.78 Å². The summed E-state index contributed by atoms with van der Waals surface area (Å²) in [6, 6.07) is 5.76. The molecule has 0 atom stereocenters. The van der Waals surface area contributed by atoms with Gasteiger partial charge >= 0.3 is 0 Å². The van der Waals surface area contributed by atoms with Gasteiger partial charge in [0.2, 0.25) is 0 Å². The minimum absolute atomic E-state index is 0.0462. The molecule has 0 aliphatic carbocycles. The van der Waals surface area contributed by atoms with Crippen molar-refractivity contribution >= 4 is 11.5 Å². The zero-order chi connectivity index (χ0) is 13.4. The van der Waals surface area contributed by atoms with Crippen molar-refractivity contribution < 1.29 is 4.79 Å². The molecule has 5 heteroatoms. The van der Waals surface area contributed by atoms with Gasteiger partial charge in [-0.25, -0.2) is 0 Å². The fraction of sp³-hybridized carbons (Fsp3) is 0.214. The van der Waals surface area contributed by atoms with E-state index in [4.69, 9.17) is 5.73 Å². The number of aliphatic imine (C=N–C) groups is 1. The third kappa shape index (κ3) is 1.98. The SMILES string of the molecule is Cn1cc(-c2ccc3c(c2)C(CN)=NCC3=O)cn1. The summed E-state index contributed by atoms with van der Waals surface area (Å²) in [5.74, 6) is 0.0462. The molecule has 96 valence electrons. The van der Waals surface area contributed by atoms with Gasteiger partial charge in [-0.3, -0.25) is 14.5 Å². The first kappa shape index (κ1) is 11.8. The summed E-state index contributed by atoms with van der Waals surface area (Å²) in [6.07, 6.45) is 3.73. The fourth-order valence-electron chi connectivity index (χ4n) is 2.29. The van der Waals surface area contributed by atoms with Crippen molar-refractivity contribution in [3.05, 3.63) is 41.7 Å². The quantitative estimate of drug-likeness (QED) is 0.870. The number of ketones is 1. The highest BCUT2D eigenvalue weighted by atomic mass is 16.1. The molecule has 3 rings (SSSR count). The van der Waals surface area contributed by atoms with Crippen molar-refractivity contribution in [3.63, 3.8) is 0 Å². The maximum Gasteiger partial charge on any atom is 0.184 e. The highest BCUT2D eigenvalue weighted by Crippen LogP contribution is 2.24. The fourth-order valence-corrected chi connectivity index (χ4v) is 2.29. The van der Waals surface area contributed by atoms with E-state index < -0.39 is 0 Å². The largest absolute Gasteiger partial charge is 0.325 e. The van der Waals surface area contributed by atoms with E-state index in [1.165, 1.54) is 0 Å². The second-order valence-corrected chi connectivity index (χ2v) is 4.55. The second kappa shape index (κ2) is 4.44. The molecule has 0 fully saturated rings. The van der Waals surface area contributed by atoms with E-state index in [0.29, 0.717) is 12.1 Å². The van der Waals surface area contributed by atoms with E-state index in [2.05, 4.69) is 10.1 Å². The first-order valence-corrected chi connectivity index (χ1v) is 6.09. The molecule has 2 N–H and O–H groups in total. The van der Waals surface area contributed by atoms with Crippen molar-refractivity contribution in [2.24, 2.45) is 17.8 Å². The van der Waals surface area contributed by atoms with Crippen LogP contribution in [0.1, 0.15) is 15.9 Å². The molecular weight excluding hydrogens is 240 g/mol. The number of aryl methyl sites for hydroxylation is 1. The van der Waals surface area contributed by atoms with Crippen molar-refractivity contribution in [2.75, 3.05) is 13.1 Å². The minimum atomic E-state index is 0.0462. The van der Waals surface area contributed by atoms with Crippen molar-refractivity contribution in [3.8, 4) is 11.1 Å². The number of rotatable bonds is 2. The highest BCUT2D eigenvalue weighted by Gasteiger charge is 2.20. The summed E-state index contributed by atoms with van der Waals surface area (Å²) >= 11 is 0. The van der Waals surface area contributed by atoms with Gasteiger partial charge in [0.15, 0.2) is 5.78 Å². The molecule has 0 amide bonds. The molecule has 1 aromatic carbocycles. The lowest BCUT2D eigenvalue weighted by molar-refractivity contribution is 0.1000. The molecule has 0 unspecified atom stereocenters. The number of carbonyl (C=O) groups is 1. The molecule has 0 saturated carbocycles. The molecule has 0 spiro atoms. The maximum absolute atomic E-state index is 11.8. The molecule has 2 aromatic rings. The van der Waals surface area contributed by atoms with Gasteiger partial charge in [0.1, 0.15) is 6.54 Å². The van der Waals surface area contributed by atoms with Crippen LogP contribution in [-0.2, 0) is 7.05 Å². The molecule has 1 aliphatic heterocycles. The predicted molar refractivity (Wildman–Crippen MR) is 73.4 cm³/mol.